The fourth-order valence-electron chi connectivity index (χ4n) is 7.94. The number of methoxy groups -OCH3 is 1. The molecule has 1 fully saturated rings. The van der Waals surface area contributed by atoms with Gasteiger partial charge >= 0.3 is 30.4 Å². The summed E-state index contributed by atoms with van der Waals surface area (Å²) in [7, 11) is 1.18. The standard InChI is InChI=1S/C53H78F3N7O12/c1-33(2)30-38(59-42(65)39(31-34-18-14-13-15-19-34)60-43(66)40(61-47(70)74-50(6,7)8)32-35-21-23-36(24-22-35)53(54,55)56)41(64)58-37(20-16-17-27-57-46(69)73-49(3,4)5)44(67)63-28-25-52(26-29-63,45(68)72-12)62-48(71)75-51(9,10)11/h13-15,18-19,21-24,33,37-40H,16-17,20,25-32H2,1-12H3,(H,57,69)(H,58,64)(H,59,65)(H,60,66)(H,61,70)(H,62,71)/t37-,38-,39-,40-/m1/s1. The molecule has 75 heavy (non-hydrogen) atoms. The van der Waals surface area contributed by atoms with E-state index in [1.54, 1.807) is 92.6 Å². The van der Waals surface area contributed by atoms with Crippen LogP contribution >= 0.6 is 0 Å². The van der Waals surface area contributed by atoms with Crippen LogP contribution in [0.25, 0.3) is 0 Å². The zero-order chi connectivity index (χ0) is 56.5. The Balaban J connectivity index is 1.95. The lowest BCUT2D eigenvalue weighted by Gasteiger charge is -2.41. The van der Waals surface area contributed by atoms with Crippen LogP contribution in [-0.2, 0) is 61.9 Å². The number of unbranched alkanes of at least 4 members (excludes halogenated alkanes) is 1. The second-order valence-corrected chi connectivity index (χ2v) is 22.1. The van der Waals surface area contributed by atoms with E-state index in [1.807, 2.05) is 13.8 Å². The van der Waals surface area contributed by atoms with Crippen molar-refractivity contribution in [1.82, 2.24) is 36.8 Å². The molecule has 0 radical (unpaired) electrons. The average molecular weight is 1060 g/mol. The Morgan fingerprint density at radius 3 is 1.57 bits per heavy atom. The van der Waals surface area contributed by atoms with Crippen molar-refractivity contribution in [2.75, 3.05) is 26.7 Å². The summed E-state index contributed by atoms with van der Waals surface area (Å²) in [6.07, 6.45) is -6.75. The second-order valence-electron chi connectivity index (χ2n) is 22.1. The average Bonchev–Trinajstić information content (AvgIpc) is 3.28. The van der Waals surface area contributed by atoms with Crippen molar-refractivity contribution in [3.8, 4) is 0 Å². The van der Waals surface area contributed by atoms with Crippen LogP contribution in [-0.4, -0.2) is 126 Å². The van der Waals surface area contributed by atoms with Crippen LogP contribution in [0.3, 0.4) is 0 Å². The highest BCUT2D eigenvalue weighted by Crippen LogP contribution is 2.30. The summed E-state index contributed by atoms with van der Waals surface area (Å²) in [6, 6.07) is 7.37. The van der Waals surface area contributed by atoms with Gasteiger partial charge in [-0.2, -0.15) is 13.2 Å². The first-order valence-corrected chi connectivity index (χ1v) is 25.1. The van der Waals surface area contributed by atoms with Crippen LogP contribution in [0.15, 0.2) is 54.6 Å². The van der Waals surface area contributed by atoms with Gasteiger partial charge in [0.05, 0.1) is 12.7 Å². The summed E-state index contributed by atoms with van der Waals surface area (Å²) in [5.74, 6) is -3.86. The number of nitrogens with zero attached hydrogens (tertiary/aromatic N) is 1. The van der Waals surface area contributed by atoms with E-state index in [0.29, 0.717) is 18.4 Å². The molecule has 3 rings (SSSR count). The van der Waals surface area contributed by atoms with Gasteiger partial charge in [0.25, 0.3) is 0 Å². The topological polar surface area (TPSA) is 249 Å². The Morgan fingerprint density at radius 2 is 1.07 bits per heavy atom. The predicted molar refractivity (Wildman–Crippen MR) is 272 cm³/mol. The minimum atomic E-state index is -4.62. The summed E-state index contributed by atoms with van der Waals surface area (Å²) in [5, 5.41) is 16.1. The smallest absolute Gasteiger partial charge is 0.416 e. The zero-order valence-corrected chi connectivity index (χ0v) is 45.3. The number of alkyl halides is 3. The maximum absolute atomic E-state index is 14.5. The molecule has 1 saturated heterocycles. The summed E-state index contributed by atoms with van der Waals surface area (Å²) in [6.45, 7) is 18.7. The second kappa shape index (κ2) is 27.3. The molecule has 7 amide bonds. The number of amides is 7. The van der Waals surface area contributed by atoms with Crippen molar-refractivity contribution in [3.63, 3.8) is 0 Å². The molecule has 2 aromatic rings. The van der Waals surface area contributed by atoms with Crippen LogP contribution < -0.4 is 31.9 Å². The molecule has 0 bridgehead atoms. The number of likely N-dealkylation sites (tertiary alicyclic amines) is 1. The molecule has 1 aliphatic rings. The highest BCUT2D eigenvalue weighted by atomic mass is 19.4. The molecule has 1 aliphatic heterocycles. The molecule has 0 aromatic heterocycles. The number of piperidine rings is 1. The Bertz CT molecular complexity index is 2250. The summed E-state index contributed by atoms with van der Waals surface area (Å²) >= 11 is 0. The molecule has 22 heteroatoms. The predicted octanol–water partition coefficient (Wildman–Crippen LogP) is 6.64. The monoisotopic (exact) mass is 1060 g/mol. The number of carbonyl (C=O) groups excluding carboxylic acids is 8. The van der Waals surface area contributed by atoms with E-state index >= 15 is 0 Å². The third kappa shape index (κ3) is 22.4. The molecule has 2 aromatic carbocycles. The fraction of sp³-hybridized carbons (Fsp3) is 0.623. The number of alkyl carbamates (subject to hydrolysis) is 3. The Hall–Kier alpha value is -6.61. The van der Waals surface area contributed by atoms with E-state index in [9.17, 15) is 51.5 Å². The molecule has 6 N–H and O–H groups in total. The highest BCUT2D eigenvalue weighted by molar-refractivity contribution is 5.96. The van der Waals surface area contributed by atoms with Gasteiger partial charge in [-0.05, 0) is 130 Å². The van der Waals surface area contributed by atoms with Gasteiger partial charge in [0, 0.05) is 32.5 Å². The Morgan fingerprint density at radius 1 is 0.600 bits per heavy atom. The van der Waals surface area contributed by atoms with E-state index in [2.05, 4.69) is 31.9 Å². The van der Waals surface area contributed by atoms with Gasteiger partial charge in [0.15, 0.2) is 0 Å². The number of ether oxygens (including phenoxy) is 4. The van der Waals surface area contributed by atoms with Gasteiger partial charge in [-0.15, -0.1) is 0 Å². The van der Waals surface area contributed by atoms with Crippen LogP contribution in [0.1, 0.15) is 131 Å². The van der Waals surface area contributed by atoms with Crippen LogP contribution in [0.2, 0.25) is 0 Å². The molecule has 4 atom stereocenters. The van der Waals surface area contributed by atoms with Crippen molar-refractivity contribution in [2.24, 2.45) is 5.92 Å². The molecule has 1 heterocycles. The normalized spacial score (nSPS) is 15.4. The molecule has 0 spiro atoms. The highest BCUT2D eigenvalue weighted by Gasteiger charge is 2.46. The number of hydrogen-bond donors (Lipinski definition) is 6. The number of carbonyl (C=O) groups is 8. The lowest BCUT2D eigenvalue weighted by Crippen LogP contribution is -2.63. The summed E-state index contributed by atoms with van der Waals surface area (Å²) < 4.78 is 61.5. The number of rotatable bonds is 21. The SMILES string of the molecule is COC(=O)C1(NC(=O)OC(C)(C)C)CCN(C(=O)[C@@H](CCCCNC(=O)OC(C)(C)C)NC(=O)[C@@H](CC(C)C)NC(=O)[C@@H](Cc2ccccc2)NC(=O)[C@@H](Cc2ccc(C(F)(F)F)cc2)NC(=O)OC(C)(C)C)CC1. The molecular formula is C53H78F3N7O12. The number of nitrogens with one attached hydrogen (secondary N) is 6. The molecule has 0 aliphatic carbocycles. The van der Waals surface area contributed by atoms with Crippen molar-refractivity contribution >= 4 is 47.9 Å². The summed E-state index contributed by atoms with van der Waals surface area (Å²) in [5.41, 5.74) is -4.18. The van der Waals surface area contributed by atoms with E-state index in [-0.39, 0.29) is 69.6 Å². The van der Waals surface area contributed by atoms with E-state index in [0.717, 1.165) is 12.1 Å². The number of esters is 1. The maximum atomic E-state index is 14.5. The zero-order valence-electron chi connectivity index (χ0n) is 45.3. The van der Waals surface area contributed by atoms with E-state index in [1.165, 1.54) is 24.1 Å². The van der Waals surface area contributed by atoms with Gasteiger partial charge in [-0.3, -0.25) is 19.2 Å². The first-order valence-electron chi connectivity index (χ1n) is 25.1. The fourth-order valence-corrected chi connectivity index (χ4v) is 7.94. The molecule has 0 saturated carbocycles. The van der Waals surface area contributed by atoms with Crippen molar-refractivity contribution < 1.29 is 70.5 Å². The van der Waals surface area contributed by atoms with Crippen LogP contribution in [0.4, 0.5) is 27.6 Å². The largest absolute Gasteiger partial charge is 0.467 e. The third-order valence-electron chi connectivity index (χ3n) is 11.4. The van der Waals surface area contributed by atoms with Crippen LogP contribution in [0, 0.1) is 5.92 Å². The van der Waals surface area contributed by atoms with Crippen molar-refractivity contribution in [3.05, 3.63) is 71.3 Å². The number of hydrogen-bond acceptors (Lipinski definition) is 12. The molecule has 418 valence electrons. The molecule has 19 nitrogen and oxygen atoms in total. The third-order valence-corrected chi connectivity index (χ3v) is 11.4. The first kappa shape index (κ1) is 62.7. The van der Waals surface area contributed by atoms with E-state index in [4.69, 9.17) is 18.9 Å². The number of benzene rings is 2. The lowest BCUT2D eigenvalue weighted by atomic mass is 9.87. The summed E-state index contributed by atoms with van der Waals surface area (Å²) in [4.78, 5) is 111. The minimum Gasteiger partial charge on any atom is -0.467 e. The Kier molecular flexibility index (Phi) is 22.8. The van der Waals surface area contributed by atoms with Crippen LogP contribution in [0.5, 0.6) is 0 Å². The van der Waals surface area contributed by atoms with Gasteiger partial charge < -0.3 is 55.7 Å². The minimum absolute atomic E-state index is 0.0357. The molecular weight excluding hydrogens is 984 g/mol. The lowest BCUT2D eigenvalue weighted by molar-refractivity contribution is -0.153. The van der Waals surface area contributed by atoms with Gasteiger partial charge in [-0.1, -0.05) is 56.3 Å². The maximum Gasteiger partial charge on any atom is 0.416 e. The van der Waals surface area contributed by atoms with Crippen molar-refractivity contribution in [1.29, 1.82) is 0 Å². The number of halogens is 3. The quantitative estimate of drug-likeness (QED) is 0.0438. The van der Waals surface area contributed by atoms with Crippen molar-refractivity contribution in [2.45, 2.75) is 180 Å². The van der Waals surface area contributed by atoms with Gasteiger partial charge in [-0.25, -0.2) is 19.2 Å². The van der Waals surface area contributed by atoms with Gasteiger partial charge in [0.1, 0.15) is 46.5 Å². The van der Waals surface area contributed by atoms with Gasteiger partial charge in [0.2, 0.25) is 23.6 Å². The first-order chi connectivity index (χ1) is 34.7. The Labute approximate surface area is 438 Å². The molecule has 0 unspecified atom stereocenters. The van der Waals surface area contributed by atoms with E-state index < -0.39 is 106 Å².